The Bertz CT molecular complexity index is 468. The number of nitrogens with zero attached hydrogens (tertiary/aromatic N) is 2. The second-order valence-electron chi connectivity index (χ2n) is 4.23. The third kappa shape index (κ3) is 3.85. The topological polar surface area (TPSA) is 60.2 Å². The molecule has 0 radical (unpaired) electrons. The monoisotopic (exact) mass is 247 g/mol. The number of rotatable bonds is 6. The van der Waals surface area contributed by atoms with Gasteiger partial charge in [0.1, 0.15) is 5.75 Å². The quantitative estimate of drug-likeness (QED) is 0.847. The fourth-order valence-corrected chi connectivity index (χ4v) is 1.37. The summed E-state index contributed by atoms with van der Waals surface area (Å²) in [5, 5.41) is 11.1. The van der Waals surface area contributed by atoms with Crippen LogP contribution in [0, 0.1) is 0 Å². The number of para-hydroxylation sites is 1. The minimum atomic E-state index is 0.290. The van der Waals surface area contributed by atoms with Crippen LogP contribution in [0.5, 0.6) is 5.75 Å². The summed E-state index contributed by atoms with van der Waals surface area (Å²) in [4.78, 5) is 0. The van der Waals surface area contributed by atoms with E-state index < -0.39 is 0 Å². The van der Waals surface area contributed by atoms with Gasteiger partial charge in [-0.1, -0.05) is 32.0 Å². The van der Waals surface area contributed by atoms with Crippen molar-refractivity contribution in [3.05, 3.63) is 42.1 Å². The summed E-state index contributed by atoms with van der Waals surface area (Å²) >= 11 is 0. The van der Waals surface area contributed by atoms with E-state index in [0.29, 0.717) is 31.0 Å². The first-order valence-corrected chi connectivity index (χ1v) is 5.96. The van der Waals surface area contributed by atoms with Gasteiger partial charge in [0.2, 0.25) is 5.89 Å². The van der Waals surface area contributed by atoms with Crippen LogP contribution in [0.15, 0.2) is 34.7 Å². The highest BCUT2D eigenvalue weighted by Gasteiger charge is 2.06. The molecule has 5 nitrogen and oxygen atoms in total. The van der Waals surface area contributed by atoms with E-state index in [9.17, 15) is 0 Å². The molecule has 1 aromatic carbocycles. The van der Waals surface area contributed by atoms with Crippen LogP contribution in [-0.2, 0) is 13.2 Å². The van der Waals surface area contributed by atoms with Gasteiger partial charge in [-0.2, -0.15) is 0 Å². The fraction of sp³-hybridized carbons (Fsp3) is 0.385. The largest absolute Gasteiger partial charge is 0.484 e. The smallest absolute Gasteiger partial charge is 0.253 e. The summed E-state index contributed by atoms with van der Waals surface area (Å²) in [7, 11) is 0. The molecule has 0 saturated heterocycles. The highest BCUT2D eigenvalue weighted by Crippen LogP contribution is 2.11. The summed E-state index contributed by atoms with van der Waals surface area (Å²) in [6.45, 7) is 5.00. The van der Waals surface area contributed by atoms with Gasteiger partial charge in [0.15, 0.2) is 6.61 Å². The van der Waals surface area contributed by atoms with E-state index in [-0.39, 0.29) is 0 Å². The third-order valence-electron chi connectivity index (χ3n) is 2.28. The summed E-state index contributed by atoms with van der Waals surface area (Å²) in [5.41, 5.74) is 0. The molecule has 2 rings (SSSR count). The molecule has 0 unspecified atom stereocenters. The minimum absolute atomic E-state index is 0.290. The zero-order chi connectivity index (χ0) is 12.8. The van der Waals surface area contributed by atoms with E-state index >= 15 is 0 Å². The lowest BCUT2D eigenvalue weighted by atomic mass is 10.3. The number of ether oxygens (including phenoxy) is 1. The van der Waals surface area contributed by atoms with Crippen molar-refractivity contribution in [1.82, 2.24) is 15.5 Å². The molecular weight excluding hydrogens is 230 g/mol. The Kier molecular flexibility index (Phi) is 4.30. The SMILES string of the molecule is CC(C)NCc1nnc(COc2ccccc2)o1. The van der Waals surface area contributed by atoms with Gasteiger partial charge in [0.05, 0.1) is 6.54 Å². The second-order valence-corrected chi connectivity index (χ2v) is 4.23. The highest BCUT2D eigenvalue weighted by molar-refractivity contribution is 5.20. The maximum Gasteiger partial charge on any atom is 0.253 e. The van der Waals surface area contributed by atoms with Crippen molar-refractivity contribution in [2.75, 3.05) is 0 Å². The van der Waals surface area contributed by atoms with Crippen molar-refractivity contribution in [2.45, 2.75) is 33.0 Å². The lowest BCUT2D eigenvalue weighted by molar-refractivity contribution is 0.257. The van der Waals surface area contributed by atoms with Gasteiger partial charge in [-0.3, -0.25) is 0 Å². The molecular formula is C13H17N3O2. The number of hydrogen-bond acceptors (Lipinski definition) is 5. The van der Waals surface area contributed by atoms with Gasteiger partial charge in [-0.05, 0) is 12.1 Å². The summed E-state index contributed by atoms with van der Waals surface area (Å²) in [6.07, 6.45) is 0. The van der Waals surface area contributed by atoms with Crippen LogP contribution < -0.4 is 10.1 Å². The van der Waals surface area contributed by atoms with Crippen LogP contribution in [0.1, 0.15) is 25.6 Å². The molecule has 0 bridgehead atoms. The van der Waals surface area contributed by atoms with E-state index in [0.717, 1.165) is 5.75 Å². The van der Waals surface area contributed by atoms with Crippen molar-refractivity contribution in [2.24, 2.45) is 0 Å². The van der Waals surface area contributed by atoms with Crippen LogP contribution in [0.3, 0.4) is 0 Å². The predicted octanol–water partition coefficient (Wildman–Crippen LogP) is 2.15. The number of aromatic nitrogens is 2. The molecule has 1 heterocycles. The molecule has 0 aliphatic heterocycles. The van der Waals surface area contributed by atoms with Crippen molar-refractivity contribution in [1.29, 1.82) is 0 Å². The standard InChI is InChI=1S/C13H17N3O2/c1-10(2)14-8-12-15-16-13(18-12)9-17-11-6-4-3-5-7-11/h3-7,10,14H,8-9H2,1-2H3. The predicted molar refractivity (Wildman–Crippen MR) is 67.0 cm³/mol. The first kappa shape index (κ1) is 12.6. The maximum absolute atomic E-state index is 5.51. The van der Waals surface area contributed by atoms with E-state index in [1.165, 1.54) is 0 Å². The second kappa shape index (κ2) is 6.16. The molecule has 0 aliphatic rings. The van der Waals surface area contributed by atoms with Crippen LogP contribution in [-0.4, -0.2) is 16.2 Å². The average molecular weight is 247 g/mol. The lowest BCUT2D eigenvalue weighted by Gasteiger charge is -2.03. The molecule has 0 saturated carbocycles. The van der Waals surface area contributed by atoms with Gasteiger partial charge in [0, 0.05) is 6.04 Å². The lowest BCUT2D eigenvalue weighted by Crippen LogP contribution is -2.21. The van der Waals surface area contributed by atoms with Crippen LogP contribution in [0.25, 0.3) is 0 Å². The molecule has 0 amide bonds. The van der Waals surface area contributed by atoms with Crippen molar-refractivity contribution in [3.63, 3.8) is 0 Å². The molecule has 1 N–H and O–H groups in total. The highest BCUT2D eigenvalue weighted by atomic mass is 16.5. The Morgan fingerprint density at radius 2 is 1.89 bits per heavy atom. The minimum Gasteiger partial charge on any atom is -0.484 e. The van der Waals surface area contributed by atoms with Crippen molar-refractivity contribution in [3.8, 4) is 5.75 Å². The fourth-order valence-electron chi connectivity index (χ4n) is 1.37. The molecule has 0 fully saturated rings. The summed E-state index contributed by atoms with van der Waals surface area (Å²) in [6, 6.07) is 9.94. The van der Waals surface area contributed by atoms with Crippen molar-refractivity contribution < 1.29 is 9.15 Å². The Labute approximate surface area is 106 Å². The number of benzene rings is 1. The van der Waals surface area contributed by atoms with Gasteiger partial charge < -0.3 is 14.5 Å². The van der Waals surface area contributed by atoms with Gasteiger partial charge in [0.25, 0.3) is 5.89 Å². The van der Waals surface area contributed by atoms with E-state index in [2.05, 4.69) is 29.4 Å². The summed E-state index contributed by atoms with van der Waals surface area (Å²) < 4.78 is 11.0. The zero-order valence-electron chi connectivity index (χ0n) is 10.6. The van der Waals surface area contributed by atoms with Crippen LogP contribution in [0.2, 0.25) is 0 Å². The van der Waals surface area contributed by atoms with Crippen LogP contribution in [0.4, 0.5) is 0 Å². The molecule has 18 heavy (non-hydrogen) atoms. The zero-order valence-corrected chi connectivity index (χ0v) is 10.6. The molecule has 0 aliphatic carbocycles. The molecule has 96 valence electrons. The molecule has 5 heteroatoms. The van der Waals surface area contributed by atoms with Gasteiger partial charge in [-0.15, -0.1) is 10.2 Å². The Morgan fingerprint density at radius 1 is 1.17 bits per heavy atom. The van der Waals surface area contributed by atoms with Crippen molar-refractivity contribution >= 4 is 0 Å². The Morgan fingerprint density at radius 3 is 2.61 bits per heavy atom. The van der Waals surface area contributed by atoms with Gasteiger partial charge >= 0.3 is 0 Å². The van der Waals surface area contributed by atoms with Gasteiger partial charge in [-0.25, -0.2) is 0 Å². The molecule has 0 atom stereocenters. The Hall–Kier alpha value is -1.88. The Balaban J connectivity index is 1.83. The van der Waals surface area contributed by atoms with E-state index in [1.807, 2.05) is 30.3 Å². The number of hydrogen-bond donors (Lipinski definition) is 1. The molecule has 2 aromatic rings. The average Bonchev–Trinajstić information content (AvgIpc) is 2.83. The number of nitrogens with one attached hydrogen (secondary N) is 1. The normalized spacial score (nSPS) is 10.8. The van der Waals surface area contributed by atoms with Crippen LogP contribution >= 0.6 is 0 Å². The maximum atomic E-state index is 5.51. The summed E-state index contributed by atoms with van der Waals surface area (Å²) in [5.74, 6) is 1.85. The van der Waals surface area contributed by atoms with E-state index in [1.54, 1.807) is 0 Å². The first-order valence-electron chi connectivity index (χ1n) is 5.96. The van der Waals surface area contributed by atoms with E-state index in [4.69, 9.17) is 9.15 Å². The first-order chi connectivity index (χ1) is 8.74. The third-order valence-corrected chi connectivity index (χ3v) is 2.28. The molecule has 1 aromatic heterocycles. The molecule has 0 spiro atoms.